The maximum absolute atomic E-state index is 5.82. The molecule has 0 aliphatic carbocycles. The summed E-state index contributed by atoms with van der Waals surface area (Å²) in [5.41, 5.74) is 4.96. The van der Waals surface area contributed by atoms with Crippen LogP contribution in [0.1, 0.15) is 31.7 Å². The lowest BCUT2D eigenvalue weighted by atomic mass is 10.2. The normalized spacial score (nSPS) is 10.7. The molecule has 3 heteroatoms. The van der Waals surface area contributed by atoms with Crippen molar-refractivity contribution in [2.24, 2.45) is 5.10 Å². The standard InChI is InChI=1S/C18H22N2O/c1-2-3-9-14-21-18-13-8-7-10-16(18)15-19-20-17-11-5-4-6-12-17/h4-8,10-13,15,20H,2-3,9,14H2,1H3/b19-15+. The minimum Gasteiger partial charge on any atom is -0.493 e. The molecule has 0 unspecified atom stereocenters. The number of hydrogen-bond acceptors (Lipinski definition) is 3. The predicted molar refractivity (Wildman–Crippen MR) is 89.1 cm³/mol. The Morgan fingerprint density at radius 3 is 2.57 bits per heavy atom. The van der Waals surface area contributed by atoms with Crippen LogP contribution < -0.4 is 10.2 Å². The lowest BCUT2D eigenvalue weighted by Gasteiger charge is -2.08. The smallest absolute Gasteiger partial charge is 0.128 e. The highest BCUT2D eigenvalue weighted by Gasteiger charge is 2.00. The van der Waals surface area contributed by atoms with Gasteiger partial charge in [-0.15, -0.1) is 0 Å². The van der Waals surface area contributed by atoms with E-state index in [0.717, 1.165) is 30.0 Å². The van der Waals surface area contributed by atoms with Gasteiger partial charge in [-0.05, 0) is 30.7 Å². The molecule has 0 saturated carbocycles. The Hall–Kier alpha value is -2.29. The number of nitrogens with one attached hydrogen (secondary N) is 1. The van der Waals surface area contributed by atoms with Gasteiger partial charge >= 0.3 is 0 Å². The largest absolute Gasteiger partial charge is 0.493 e. The first kappa shape index (κ1) is 15.1. The van der Waals surface area contributed by atoms with E-state index < -0.39 is 0 Å². The predicted octanol–water partition coefficient (Wildman–Crippen LogP) is 4.70. The summed E-state index contributed by atoms with van der Waals surface area (Å²) in [5, 5.41) is 4.26. The third-order valence-corrected chi connectivity index (χ3v) is 3.10. The van der Waals surface area contributed by atoms with Crippen LogP contribution in [0.15, 0.2) is 59.7 Å². The molecule has 2 aromatic carbocycles. The fraction of sp³-hybridized carbons (Fsp3) is 0.278. The molecule has 0 heterocycles. The van der Waals surface area contributed by atoms with Crippen LogP contribution in [0.4, 0.5) is 5.69 Å². The summed E-state index contributed by atoms with van der Waals surface area (Å²) in [6.07, 6.45) is 5.28. The summed E-state index contributed by atoms with van der Waals surface area (Å²) < 4.78 is 5.82. The number of benzene rings is 2. The quantitative estimate of drug-likeness (QED) is 0.432. The molecular formula is C18H22N2O. The lowest BCUT2D eigenvalue weighted by Crippen LogP contribution is -2.00. The van der Waals surface area contributed by atoms with E-state index in [0.29, 0.717) is 0 Å². The van der Waals surface area contributed by atoms with Gasteiger partial charge in [0, 0.05) is 5.56 Å². The molecule has 2 aromatic rings. The number of anilines is 1. The maximum Gasteiger partial charge on any atom is 0.128 e. The summed E-state index contributed by atoms with van der Waals surface area (Å²) in [4.78, 5) is 0. The average Bonchev–Trinajstić information content (AvgIpc) is 2.54. The Bertz CT molecular complexity index is 552. The Balaban J connectivity index is 1.92. The first-order valence-electron chi connectivity index (χ1n) is 7.46. The molecular weight excluding hydrogens is 260 g/mol. The van der Waals surface area contributed by atoms with Crippen LogP contribution in [0.25, 0.3) is 0 Å². The third-order valence-electron chi connectivity index (χ3n) is 3.10. The molecule has 3 nitrogen and oxygen atoms in total. The van der Waals surface area contributed by atoms with Crippen molar-refractivity contribution in [1.29, 1.82) is 0 Å². The van der Waals surface area contributed by atoms with Gasteiger partial charge in [-0.2, -0.15) is 5.10 Å². The van der Waals surface area contributed by atoms with Crippen molar-refractivity contribution in [2.75, 3.05) is 12.0 Å². The van der Waals surface area contributed by atoms with E-state index in [1.54, 1.807) is 6.21 Å². The molecule has 0 aliphatic rings. The first-order chi connectivity index (χ1) is 10.4. The van der Waals surface area contributed by atoms with E-state index in [2.05, 4.69) is 17.5 Å². The monoisotopic (exact) mass is 282 g/mol. The van der Waals surface area contributed by atoms with E-state index >= 15 is 0 Å². The van der Waals surface area contributed by atoms with Crippen molar-refractivity contribution < 1.29 is 4.74 Å². The number of para-hydroxylation sites is 2. The van der Waals surface area contributed by atoms with E-state index in [9.17, 15) is 0 Å². The Morgan fingerprint density at radius 2 is 1.76 bits per heavy atom. The summed E-state index contributed by atoms with van der Waals surface area (Å²) in [6, 6.07) is 17.8. The molecule has 2 rings (SSSR count). The molecule has 0 saturated heterocycles. The molecule has 0 fully saturated rings. The van der Waals surface area contributed by atoms with Gasteiger partial charge in [0.25, 0.3) is 0 Å². The van der Waals surface area contributed by atoms with Crippen LogP contribution in [0.3, 0.4) is 0 Å². The van der Waals surface area contributed by atoms with Gasteiger partial charge in [0.2, 0.25) is 0 Å². The molecule has 0 bridgehead atoms. The molecule has 0 spiro atoms. The summed E-state index contributed by atoms with van der Waals surface area (Å²) in [5.74, 6) is 0.882. The topological polar surface area (TPSA) is 33.6 Å². The van der Waals surface area contributed by atoms with Crippen LogP contribution in [-0.2, 0) is 0 Å². The van der Waals surface area contributed by atoms with Crippen molar-refractivity contribution in [3.05, 3.63) is 60.2 Å². The van der Waals surface area contributed by atoms with Crippen LogP contribution in [0.2, 0.25) is 0 Å². The number of hydrazone groups is 1. The van der Waals surface area contributed by atoms with Crippen LogP contribution in [0.5, 0.6) is 5.75 Å². The van der Waals surface area contributed by atoms with Gasteiger partial charge < -0.3 is 4.74 Å². The zero-order valence-electron chi connectivity index (χ0n) is 12.5. The molecule has 0 aromatic heterocycles. The van der Waals surface area contributed by atoms with Crippen molar-refractivity contribution in [3.8, 4) is 5.75 Å². The minimum absolute atomic E-state index is 0.755. The fourth-order valence-electron chi connectivity index (χ4n) is 1.94. The van der Waals surface area contributed by atoms with Gasteiger partial charge in [-0.3, -0.25) is 5.43 Å². The van der Waals surface area contributed by atoms with Gasteiger partial charge in [-0.1, -0.05) is 50.1 Å². The van der Waals surface area contributed by atoms with Crippen molar-refractivity contribution in [1.82, 2.24) is 0 Å². The lowest BCUT2D eigenvalue weighted by molar-refractivity contribution is 0.306. The van der Waals surface area contributed by atoms with E-state index in [1.807, 2.05) is 54.6 Å². The Morgan fingerprint density at radius 1 is 1.00 bits per heavy atom. The second kappa shape index (κ2) is 8.80. The highest BCUT2D eigenvalue weighted by Crippen LogP contribution is 2.16. The molecule has 21 heavy (non-hydrogen) atoms. The van der Waals surface area contributed by atoms with E-state index in [1.165, 1.54) is 12.8 Å². The zero-order valence-corrected chi connectivity index (χ0v) is 12.5. The molecule has 0 amide bonds. The number of hydrogen-bond donors (Lipinski definition) is 1. The SMILES string of the molecule is CCCCCOc1ccccc1/C=N/Nc1ccccc1. The van der Waals surface area contributed by atoms with Crippen molar-refractivity contribution >= 4 is 11.9 Å². The fourth-order valence-corrected chi connectivity index (χ4v) is 1.94. The van der Waals surface area contributed by atoms with Gasteiger partial charge in [0.1, 0.15) is 5.75 Å². The number of ether oxygens (including phenoxy) is 1. The summed E-state index contributed by atoms with van der Waals surface area (Å²) >= 11 is 0. The molecule has 0 aliphatic heterocycles. The summed E-state index contributed by atoms with van der Waals surface area (Å²) in [6.45, 7) is 2.95. The van der Waals surface area contributed by atoms with Gasteiger partial charge in [0.15, 0.2) is 0 Å². The zero-order chi connectivity index (χ0) is 14.8. The number of unbranched alkanes of at least 4 members (excludes halogenated alkanes) is 2. The Labute approximate surface area is 126 Å². The van der Waals surface area contributed by atoms with E-state index in [-0.39, 0.29) is 0 Å². The van der Waals surface area contributed by atoms with Crippen molar-refractivity contribution in [3.63, 3.8) is 0 Å². The highest BCUT2D eigenvalue weighted by atomic mass is 16.5. The second-order valence-corrected chi connectivity index (χ2v) is 4.83. The third kappa shape index (κ3) is 5.30. The Kier molecular flexibility index (Phi) is 6.33. The maximum atomic E-state index is 5.82. The van der Waals surface area contributed by atoms with Crippen molar-refractivity contribution in [2.45, 2.75) is 26.2 Å². The van der Waals surface area contributed by atoms with Gasteiger partial charge in [-0.25, -0.2) is 0 Å². The highest BCUT2D eigenvalue weighted by molar-refractivity contribution is 5.83. The first-order valence-corrected chi connectivity index (χ1v) is 7.46. The van der Waals surface area contributed by atoms with Crippen LogP contribution in [-0.4, -0.2) is 12.8 Å². The second-order valence-electron chi connectivity index (χ2n) is 4.83. The van der Waals surface area contributed by atoms with E-state index in [4.69, 9.17) is 4.74 Å². The molecule has 0 radical (unpaired) electrons. The van der Waals surface area contributed by atoms with Crippen LogP contribution >= 0.6 is 0 Å². The summed E-state index contributed by atoms with van der Waals surface area (Å²) in [7, 11) is 0. The van der Waals surface area contributed by atoms with Gasteiger partial charge in [0.05, 0.1) is 18.5 Å². The minimum atomic E-state index is 0.755. The molecule has 1 N–H and O–H groups in total. The van der Waals surface area contributed by atoms with Crippen LogP contribution in [0, 0.1) is 0 Å². The number of nitrogens with zero attached hydrogens (tertiary/aromatic N) is 1. The number of rotatable bonds is 8. The molecule has 0 atom stereocenters. The molecule has 110 valence electrons. The average molecular weight is 282 g/mol.